The van der Waals surface area contributed by atoms with E-state index in [9.17, 15) is 0 Å². The fraction of sp³-hybridized carbons (Fsp3) is 1.00. The molecule has 0 radical (unpaired) electrons. The molecule has 0 aromatic rings. The van der Waals surface area contributed by atoms with Gasteiger partial charge in [-0.25, -0.2) is 13.6 Å². The van der Waals surface area contributed by atoms with Gasteiger partial charge >= 0.3 is 0 Å². The molecule has 0 aliphatic rings. The second-order valence-corrected chi connectivity index (χ2v) is 2.83. The predicted molar refractivity (Wildman–Crippen MR) is 50.3 cm³/mol. The zero-order valence-corrected chi connectivity index (χ0v) is 8.53. The smallest absolute Gasteiger partial charge is 0.198 e. The molecule has 72 valence electrons. The molecule has 0 heterocycles. The summed E-state index contributed by atoms with van der Waals surface area (Å²) in [4.78, 5) is 0. The van der Waals surface area contributed by atoms with E-state index >= 15 is 0 Å². The van der Waals surface area contributed by atoms with Gasteiger partial charge < -0.3 is 5.73 Å². The van der Waals surface area contributed by atoms with Gasteiger partial charge in [0.2, 0.25) is 0 Å². The van der Waals surface area contributed by atoms with E-state index in [1.807, 2.05) is 0 Å². The highest BCUT2D eigenvalue weighted by molar-refractivity contribution is 7.69. The monoisotopic (exact) mass is 204 g/mol. The minimum absolute atomic E-state index is 0. The zero-order chi connectivity index (χ0) is 8.57. The first-order valence-electron chi connectivity index (χ1n) is 3.09. The predicted octanol–water partition coefficient (Wildman–Crippen LogP) is -0.115. The quantitative estimate of drug-likeness (QED) is 0.549. The molecule has 0 spiro atoms. The summed E-state index contributed by atoms with van der Waals surface area (Å²) >= 11 is 0. The first-order valence-corrected chi connectivity index (χ1v) is 4.34. The van der Waals surface area contributed by atoms with Gasteiger partial charge in [0.05, 0.1) is 0 Å². The molecule has 0 aliphatic carbocycles. The topological polar surface area (TPSA) is 86.2 Å². The highest BCUT2D eigenvalue weighted by Gasteiger charge is 1.85. The van der Waals surface area contributed by atoms with Crippen molar-refractivity contribution in [3.8, 4) is 0 Å². The molecule has 0 amide bonds. The van der Waals surface area contributed by atoms with Crippen molar-refractivity contribution in [2.75, 3.05) is 6.54 Å². The van der Waals surface area contributed by atoms with Gasteiger partial charge in [-0.05, 0) is 18.9 Å². The van der Waals surface area contributed by atoms with Crippen molar-refractivity contribution < 1.29 is 8.42 Å². The number of rotatable bonds is 2. The highest BCUT2D eigenvalue weighted by Crippen LogP contribution is 1.93. The Hall–Kier alpha value is 0.160. The van der Waals surface area contributed by atoms with E-state index in [0.717, 1.165) is 18.9 Å². The van der Waals surface area contributed by atoms with Gasteiger partial charge in [-0.2, -0.15) is 0 Å². The highest BCUT2D eigenvalue weighted by atomic mass is 35.5. The molecule has 4 N–H and O–H groups in total. The Kier molecular flexibility index (Phi) is 20.1. The lowest BCUT2D eigenvalue weighted by Crippen LogP contribution is -2.01. The van der Waals surface area contributed by atoms with Crippen LogP contribution in [0.5, 0.6) is 0 Å². The summed E-state index contributed by atoms with van der Waals surface area (Å²) in [6, 6.07) is 0. The molecule has 0 saturated heterocycles. The molecule has 0 fully saturated rings. The third-order valence-electron chi connectivity index (χ3n) is 0.744. The molecule has 4 nitrogen and oxygen atoms in total. The molecule has 0 aromatic carbocycles. The lowest BCUT2D eigenvalue weighted by Gasteiger charge is -1.96. The Morgan fingerprint density at radius 2 is 1.64 bits per heavy atom. The summed E-state index contributed by atoms with van der Waals surface area (Å²) in [7, 11) is -2.62. The summed E-state index contributed by atoms with van der Waals surface area (Å²) < 4.78 is 17.6. The maximum atomic E-state index is 8.81. The average Bonchev–Trinajstić information content (AvgIpc) is 1.62. The summed E-state index contributed by atoms with van der Waals surface area (Å²) in [5, 5.41) is 4.06. The summed E-state index contributed by atoms with van der Waals surface area (Å²) in [6.45, 7) is 5.18. The van der Waals surface area contributed by atoms with Crippen LogP contribution in [-0.2, 0) is 10.9 Å². The van der Waals surface area contributed by atoms with Crippen molar-refractivity contribution in [3.05, 3.63) is 0 Å². The van der Waals surface area contributed by atoms with Crippen LogP contribution in [0.3, 0.4) is 0 Å². The van der Waals surface area contributed by atoms with E-state index in [0.29, 0.717) is 0 Å². The first kappa shape index (κ1) is 17.3. The Morgan fingerprint density at radius 1 is 1.36 bits per heavy atom. The van der Waals surface area contributed by atoms with Gasteiger partial charge in [0, 0.05) is 0 Å². The van der Waals surface area contributed by atoms with Gasteiger partial charge in [-0.3, -0.25) is 0 Å². The largest absolute Gasteiger partial charge is 0.330 e. The molecule has 0 aromatic heterocycles. The van der Waals surface area contributed by atoms with E-state index in [1.165, 1.54) is 0 Å². The molecule has 0 atom stereocenters. The van der Waals surface area contributed by atoms with Crippen molar-refractivity contribution in [2.24, 2.45) is 16.8 Å². The molecular weight excluding hydrogens is 188 g/mol. The van der Waals surface area contributed by atoms with E-state index < -0.39 is 10.9 Å². The normalized spacial score (nSPS) is 8.55. The number of thiol groups is 1. The lowest BCUT2D eigenvalue weighted by atomic mass is 10.1. The molecule has 0 rings (SSSR count). The Morgan fingerprint density at radius 3 is 1.64 bits per heavy atom. The van der Waals surface area contributed by atoms with Crippen LogP contribution in [-0.4, -0.2) is 15.0 Å². The van der Waals surface area contributed by atoms with Crippen molar-refractivity contribution in [2.45, 2.75) is 20.3 Å². The molecular formula is C5H17ClN2O2S. The molecule has 0 aliphatic heterocycles. The maximum Gasteiger partial charge on any atom is 0.198 e. The number of hydrogen-bond acceptors (Lipinski definition) is 3. The van der Waals surface area contributed by atoms with Crippen LogP contribution in [0.15, 0.2) is 0 Å². The fourth-order valence-electron chi connectivity index (χ4n) is 0.333. The molecule has 6 heteroatoms. The SMILES string of the molecule is CC(C)CCN.Cl.N[SH](=O)=O. The average molecular weight is 205 g/mol. The third-order valence-corrected chi connectivity index (χ3v) is 0.744. The van der Waals surface area contributed by atoms with Crippen molar-refractivity contribution in [3.63, 3.8) is 0 Å². The maximum absolute atomic E-state index is 8.81. The number of halogens is 1. The fourth-order valence-corrected chi connectivity index (χ4v) is 0.333. The van der Waals surface area contributed by atoms with E-state index in [1.54, 1.807) is 0 Å². The standard InChI is InChI=1S/C5H13N.ClH.H3NO2S/c1-5(2)3-4-6;;1-4(2)3/h5H,3-4,6H2,1-2H3;1H;4H,(H2,1,2,3). The molecule has 11 heavy (non-hydrogen) atoms. The van der Waals surface area contributed by atoms with Crippen LogP contribution in [0.25, 0.3) is 0 Å². The van der Waals surface area contributed by atoms with Crippen molar-refractivity contribution >= 4 is 23.3 Å². The van der Waals surface area contributed by atoms with Crippen LogP contribution < -0.4 is 10.9 Å². The first-order chi connectivity index (χ1) is 4.50. The molecule has 0 saturated carbocycles. The van der Waals surface area contributed by atoms with Gasteiger partial charge in [0.15, 0.2) is 10.9 Å². The third kappa shape index (κ3) is 67.7. The van der Waals surface area contributed by atoms with Crippen molar-refractivity contribution in [1.29, 1.82) is 0 Å². The number of nitrogens with two attached hydrogens (primary N) is 2. The minimum Gasteiger partial charge on any atom is -0.330 e. The van der Waals surface area contributed by atoms with Crippen LogP contribution in [0.4, 0.5) is 0 Å². The van der Waals surface area contributed by atoms with Crippen LogP contribution in [0.1, 0.15) is 20.3 Å². The molecule has 0 bridgehead atoms. The van der Waals surface area contributed by atoms with Crippen molar-refractivity contribution in [1.82, 2.24) is 0 Å². The molecule has 0 unspecified atom stereocenters. The van der Waals surface area contributed by atoms with Gasteiger partial charge in [0.1, 0.15) is 0 Å². The van der Waals surface area contributed by atoms with Gasteiger partial charge in [-0.15, -0.1) is 12.4 Å². The van der Waals surface area contributed by atoms with E-state index in [-0.39, 0.29) is 12.4 Å². The Labute approximate surface area is 75.8 Å². The summed E-state index contributed by atoms with van der Waals surface area (Å²) in [5.41, 5.74) is 5.23. The van der Waals surface area contributed by atoms with E-state index in [4.69, 9.17) is 14.2 Å². The Bertz CT molecular complexity index is 120. The number of hydrogen-bond donors (Lipinski definition) is 3. The zero-order valence-electron chi connectivity index (χ0n) is 6.82. The Balaban J connectivity index is -0.000000114. The van der Waals surface area contributed by atoms with Crippen LogP contribution >= 0.6 is 12.4 Å². The van der Waals surface area contributed by atoms with Gasteiger partial charge in [-0.1, -0.05) is 13.8 Å². The van der Waals surface area contributed by atoms with Gasteiger partial charge in [0.25, 0.3) is 0 Å². The van der Waals surface area contributed by atoms with Crippen LogP contribution in [0, 0.1) is 5.92 Å². The lowest BCUT2D eigenvalue weighted by molar-refractivity contribution is 0.596. The van der Waals surface area contributed by atoms with E-state index in [2.05, 4.69) is 19.0 Å². The van der Waals surface area contributed by atoms with Crippen LogP contribution in [0.2, 0.25) is 0 Å². The summed E-state index contributed by atoms with van der Waals surface area (Å²) in [6.07, 6.45) is 1.15. The second kappa shape index (κ2) is 12.8. The second-order valence-electron chi connectivity index (χ2n) is 2.26. The summed E-state index contributed by atoms with van der Waals surface area (Å²) in [5.74, 6) is 0.773. The minimum atomic E-state index is -2.62.